The van der Waals surface area contributed by atoms with E-state index in [1.807, 2.05) is 6.07 Å². The second kappa shape index (κ2) is 6.73. The smallest absolute Gasteiger partial charge is 0.315 e. The first-order valence-corrected chi connectivity index (χ1v) is 9.39. The van der Waals surface area contributed by atoms with Crippen molar-refractivity contribution in [3.63, 3.8) is 0 Å². The Bertz CT molecular complexity index is 1320. The maximum absolute atomic E-state index is 14.1. The number of benzene rings is 3. The molecular weight excluding hydrogens is 390 g/mol. The number of hydrogen-bond donors (Lipinski definition) is 0. The monoisotopic (exact) mass is 405 g/mol. The van der Waals surface area contributed by atoms with E-state index in [0.717, 1.165) is 0 Å². The van der Waals surface area contributed by atoms with E-state index in [2.05, 4.69) is 0 Å². The lowest BCUT2D eigenvalue weighted by molar-refractivity contribution is -0.0859. The van der Waals surface area contributed by atoms with Crippen molar-refractivity contribution in [3.05, 3.63) is 113 Å². The first kappa shape index (κ1) is 18.4. The van der Waals surface area contributed by atoms with Crippen molar-refractivity contribution in [2.75, 3.05) is 0 Å². The van der Waals surface area contributed by atoms with Crippen LogP contribution < -0.4 is 0 Å². The van der Waals surface area contributed by atoms with Gasteiger partial charge in [0, 0.05) is 17.2 Å². The van der Waals surface area contributed by atoms with Crippen LogP contribution in [-0.4, -0.2) is 10.7 Å². The Labute approximate surface area is 170 Å². The third-order valence-corrected chi connectivity index (χ3v) is 5.28. The van der Waals surface area contributed by atoms with E-state index in [9.17, 15) is 17.6 Å². The highest BCUT2D eigenvalue weighted by atomic mass is 19.4. The molecule has 1 aliphatic carbocycles. The van der Waals surface area contributed by atoms with Crippen LogP contribution in [0.4, 0.5) is 17.6 Å². The largest absolute Gasteiger partial charge is 0.417 e. The lowest BCUT2D eigenvalue weighted by Crippen LogP contribution is -2.13. The fourth-order valence-corrected chi connectivity index (χ4v) is 4.01. The fraction of sp³-hybridized carbons (Fsp3) is 0.0400. The highest BCUT2D eigenvalue weighted by molar-refractivity contribution is 6.08. The molecule has 1 heterocycles. The number of allylic oxidation sites excluding steroid dienone is 2. The SMILES string of the molecule is Fc1ccc2c(ccn2/C(=C2\C(C(F)(F)F)=Cc3ccccc32)c2ccccc2)c1. The van der Waals surface area contributed by atoms with Crippen molar-refractivity contribution in [1.29, 1.82) is 0 Å². The average molecular weight is 405 g/mol. The third-order valence-electron chi connectivity index (χ3n) is 5.28. The lowest BCUT2D eigenvalue weighted by atomic mass is 9.96. The second-order valence-corrected chi connectivity index (χ2v) is 7.12. The van der Waals surface area contributed by atoms with Gasteiger partial charge < -0.3 is 4.57 Å². The Kier molecular flexibility index (Phi) is 4.13. The summed E-state index contributed by atoms with van der Waals surface area (Å²) in [4.78, 5) is 0. The predicted octanol–water partition coefficient (Wildman–Crippen LogP) is 7.16. The molecule has 0 fully saturated rings. The summed E-state index contributed by atoms with van der Waals surface area (Å²) in [6.45, 7) is 0. The van der Waals surface area contributed by atoms with Crippen LogP contribution in [-0.2, 0) is 0 Å². The van der Waals surface area contributed by atoms with Crippen molar-refractivity contribution in [1.82, 2.24) is 4.57 Å². The first-order chi connectivity index (χ1) is 14.4. The molecule has 0 unspecified atom stereocenters. The second-order valence-electron chi connectivity index (χ2n) is 7.12. The summed E-state index contributed by atoms with van der Waals surface area (Å²) in [7, 11) is 0. The summed E-state index contributed by atoms with van der Waals surface area (Å²) < 4.78 is 57.7. The average Bonchev–Trinajstić information content (AvgIpc) is 3.31. The fourth-order valence-electron chi connectivity index (χ4n) is 4.01. The highest BCUT2D eigenvalue weighted by Crippen LogP contribution is 2.48. The van der Waals surface area contributed by atoms with Gasteiger partial charge in [0.1, 0.15) is 5.82 Å². The molecule has 4 aromatic rings. The van der Waals surface area contributed by atoms with Crippen LogP contribution in [0.2, 0.25) is 0 Å². The number of halogens is 4. The molecule has 0 aliphatic heterocycles. The van der Waals surface area contributed by atoms with Gasteiger partial charge in [-0.15, -0.1) is 0 Å². The topological polar surface area (TPSA) is 4.93 Å². The van der Waals surface area contributed by atoms with Crippen LogP contribution in [0.25, 0.3) is 28.2 Å². The van der Waals surface area contributed by atoms with Gasteiger partial charge in [-0.25, -0.2) is 4.39 Å². The minimum Gasteiger partial charge on any atom is -0.315 e. The minimum absolute atomic E-state index is 0.117. The molecule has 0 N–H and O–H groups in total. The van der Waals surface area contributed by atoms with E-state index in [-0.39, 0.29) is 5.57 Å². The van der Waals surface area contributed by atoms with Crippen LogP contribution in [0.5, 0.6) is 0 Å². The Balaban J connectivity index is 1.91. The quantitative estimate of drug-likeness (QED) is 0.312. The van der Waals surface area contributed by atoms with Gasteiger partial charge in [0.05, 0.1) is 16.8 Å². The standard InChI is InChI=1S/C25H15F4N/c26-19-10-11-22-18(14-19)12-13-30(22)24(16-6-2-1-3-7-16)23-20-9-5-4-8-17(20)15-21(23)25(27,28)29/h1-15H/b24-23-. The molecule has 1 aliphatic rings. The van der Waals surface area contributed by atoms with E-state index < -0.39 is 17.6 Å². The molecule has 0 radical (unpaired) electrons. The summed E-state index contributed by atoms with van der Waals surface area (Å²) >= 11 is 0. The first-order valence-electron chi connectivity index (χ1n) is 9.39. The molecule has 148 valence electrons. The van der Waals surface area contributed by atoms with E-state index in [1.54, 1.807) is 71.4 Å². The third kappa shape index (κ3) is 2.94. The van der Waals surface area contributed by atoms with Crippen molar-refractivity contribution in [3.8, 4) is 0 Å². The van der Waals surface area contributed by atoms with Gasteiger partial charge in [0.15, 0.2) is 0 Å². The van der Waals surface area contributed by atoms with Gasteiger partial charge in [-0.05, 0) is 47.0 Å². The Morgan fingerprint density at radius 1 is 0.800 bits per heavy atom. The highest BCUT2D eigenvalue weighted by Gasteiger charge is 2.41. The summed E-state index contributed by atoms with van der Waals surface area (Å²) in [6, 6.07) is 21.8. The van der Waals surface area contributed by atoms with Gasteiger partial charge in [-0.3, -0.25) is 0 Å². The number of rotatable bonds is 2. The maximum Gasteiger partial charge on any atom is 0.417 e. The van der Waals surface area contributed by atoms with Crippen molar-refractivity contribution >= 4 is 28.2 Å². The van der Waals surface area contributed by atoms with Crippen LogP contribution in [0.3, 0.4) is 0 Å². The number of aromatic nitrogens is 1. The molecule has 0 amide bonds. The number of alkyl halides is 3. The lowest BCUT2D eigenvalue weighted by Gasteiger charge is -2.20. The van der Waals surface area contributed by atoms with Gasteiger partial charge >= 0.3 is 6.18 Å². The minimum atomic E-state index is -4.52. The van der Waals surface area contributed by atoms with Gasteiger partial charge in [-0.1, -0.05) is 54.6 Å². The van der Waals surface area contributed by atoms with E-state index in [4.69, 9.17) is 0 Å². The molecule has 0 atom stereocenters. The molecule has 5 rings (SSSR count). The Morgan fingerprint density at radius 2 is 1.53 bits per heavy atom. The molecule has 0 saturated carbocycles. The predicted molar refractivity (Wildman–Crippen MR) is 111 cm³/mol. The van der Waals surface area contributed by atoms with Crippen LogP contribution in [0.1, 0.15) is 16.7 Å². The van der Waals surface area contributed by atoms with Crippen molar-refractivity contribution in [2.24, 2.45) is 0 Å². The zero-order valence-corrected chi connectivity index (χ0v) is 15.6. The van der Waals surface area contributed by atoms with Crippen LogP contribution >= 0.6 is 0 Å². The summed E-state index contributed by atoms with van der Waals surface area (Å²) in [6.07, 6.45) is -1.64. The van der Waals surface area contributed by atoms with Crippen LogP contribution in [0.15, 0.2) is 90.6 Å². The van der Waals surface area contributed by atoms with Crippen molar-refractivity contribution in [2.45, 2.75) is 6.18 Å². The Morgan fingerprint density at radius 3 is 2.30 bits per heavy atom. The molecular formula is C25H15F4N. The molecule has 0 spiro atoms. The summed E-state index contributed by atoms with van der Waals surface area (Å²) in [5.74, 6) is -0.392. The van der Waals surface area contributed by atoms with E-state index in [1.165, 1.54) is 18.2 Å². The molecule has 1 aromatic heterocycles. The summed E-state index contributed by atoms with van der Waals surface area (Å²) in [5, 5.41) is 0.618. The van der Waals surface area contributed by atoms with E-state index >= 15 is 0 Å². The number of hydrogen-bond acceptors (Lipinski definition) is 0. The Hall–Kier alpha value is -3.60. The van der Waals surface area contributed by atoms with Gasteiger partial charge in [-0.2, -0.15) is 13.2 Å². The number of nitrogens with zero attached hydrogens (tertiary/aromatic N) is 1. The zero-order valence-electron chi connectivity index (χ0n) is 15.6. The van der Waals surface area contributed by atoms with E-state index in [0.29, 0.717) is 33.3 Å². The van der Waals surface area contributed by atoms with Crippen LogP contribution in [0, 0.1) is 5.82 Å². The zero-order chi connectivity index (χ0) is 20.9. The van der Waals surface area contributed by atoms with Gasteiger partial charge in [0.25, 0.3) is 0 Å². The molecule has 5 heteroatoms. The normalized spacial score (nSPS) is 15.3. The molecule has 0 saturated heterocycles. The molecule has 3 aromatic carbocycles. The van der Waals surface area contributed by atoms with Crippen molar-refractivity contribution < 1.29 is 17.6 Å². The van der Waals surface area contributed by atoms with Gasteiger partial charge in [0.2, 0.25) is 0 Å². The molecule has 0 bridgehead atoms. The maximum atomic E-state index is 14.1. The number of fused-ring (bicyclic) bond motifs is 2. The molecule has 30 heavy (non-hydrogen) atoms. The summed E-state index contributed by atoms with van der Waals surface area (Å²) in [5.41, 5.74) is 2.15. The molecule has 1 nitrogen and oxygen atoms in total.